The monoisotopic (exact) mass is 211 g/mol. The molecule has 1 saturated carbocycles. The second-order valence-electron chi connectivity index (χ2n) is 4.43. The van der Waals surface area contributed by atoms with Crippen molar-refractivity contribution in [2.45, 2.75) is 45.6 Å². The number of carbonyl (C=O) groups is 1. The molecule has 1 rings (SSSR count). The Hall–Kier alpha value is -0.830. The van der Waals surface area contributed by atoms with Gasteiger partial charge in [0.15, 0.2) is 0 Å². The lowest BCUT2D eigenvalue weighted by Gasteiger charge is -2.19. The van der Waals surface area contributed by atoms with Gasteiger partial charge in [0.25, 0.3) is 0 Å². The van der Waals surface area contributed by atoms with Gasteiger partial charge in [-0.15, -0.1) is 0 Å². The van der Waals surface area contributed by atoms with E-state index >= 15 is 0 Å². The van der Waals surface area contributed by atoms with Gasteiger partial charge >= 0.3 is 5.97 Å². The van der Waals surface area contributed by atoms with E-state index in [0.29, 0.717) is 18.2 Å². The van der Waals surface area contributed by atoms with Crippen LogP contribution in [0, 0.1) is 5.92 Å². The van der Waals surface area contributed by atoms with Crippen molar-refractivity contribution in [3.8, 4) is 0 Å². The number of hydrogen-bond acceptors (Lipinski definition) is 2. The Labute approximate surface area is 91.6 Å². The third-order valence-electron chi connectivity index (χ3n) is 3.29. The summed E-state index contributed by atoms with van der Waals surface area (Å²) < 4.78 is 0. The van der Waals surface area contributed by atoms with Crippen molar-refractivity contribution in [1.82, 2.24) is 5.32 Å². The lowest BCUT2D eigenvalue weighted by molar-refractivity contribution is -0.132. The predicted octanol–water partition coefficient (Wildman–Crippen LogP) is 2.19. The van der Waals surface area contributed by atoms with E-state index in [4.69, 9.17) is 5.11 Å². The average Bonchev–Trinajstić information content (AvgIpc) is 2.70. The van der Waals surface area contributed by atoms with E-state index in [9.17, 15) is 4.79 Å². The molecule has 0 aromatic carbocycles. The topological polar surface area (TPSA) is 49.3 Å². The number of carboxylic acids is 1. The quantitative estimate of drug-likeness (QED) is 0.685. The Morgan fingerprint density at radius 1 is 1.53 bits per heavy atom. The molecule has 1 atom stereocenters. The fourth-order valence-corrected chi connectivity index (χ4v) is 2.11. The number of aliphatic carboxylic acids is 1. The van der Waals surface area contributed by atoms with Crippen LogP contribution in [0.2, 0.25) is 0 Å². The van der Waals surface area contributed by atoms with Crippen molar-refractivity contribution in [3.63, 3.8) is 0 Å². The van der Waals surface area contributed by atoms with Gasteiger partial charge in [0.1, 0.15) is 0 Å². The van der Waals surface area contributed by atoms with Crippen LogP contribution in [0.1, 0.15) is 39.5 Å². The molecule has 15 heavy (non-hydrogen) atoms. The molecule has 0 aromatic heterocycles. The van der Waals surface area contributed by atoms with Crippen LogP contribution < -0.4 is 5.32 Å². The molecule has 86 valence electrons. The minimum absolute atomic E-state index is 0.418. The highest BCUT2D eigenvalue weighted by Gasteiger charge is 2.20. The van der Waals surface area contributed by atoms with Crippen molar-refractivity contribution in [2.75, 3.05) is 6.54 Å². The van der Waals surface area contributed by atoms with E-state index in [1.165, 1.54) is 25.7 Å². The predicted molar refractivity (Wildman–Crippen MR) is 60.8 cm³/mol. The van der Waals surface area contributed by atoms with Gasteiger partial charge in [-0.3, -0.25) is 0 Å². The molecule has 0 unspecified atom stereocenters. The first-order chi connectivity index (χ1) is 7.11. The summed E-state index contributed by atoms with van der Waals surface area (Å²) in [7, 11) is 0. The van der Waals surface area contributed by atoms with Crippen molar-refractivity contribution in [1.29, 1.82) is 0 Å². The molecule has 0 saturated heterocycles. The lowest BCUT2D eigenvalue weighted by atomic mass is 10.00. The standard InChI is InChI=1S/C12H21NO2/c1-9(12(14)15)7-8-13-10(2)11-5-3-4-6-11/h7,10-11,13H,3-6,8H2,1-2H3,(H,14,15)/b9-7-/t10-/m1/s1. The van der Waals surface area contributed by atoms with Crippen molar-refractivity contribution >= 4 is 5.97 Å². The van der Waals surface area contributed by atoms with Gasteiger partial charge in [0, 0.05) is 18.2 Å². The summed E-state index contributed by atoms with van der Waals surface area (Å²) >= 11 is 0. The highest BCUT2D eigenvalue weighted by Crippen LogP contribution is 2.27. The first-order valence-corrected chi connectivity index (χ1v) is 5.74. The van der Waals surface area contributed by atoms with E-state index in [-0.39, 0.29) is 0 Å². The molecule has 3 nitrogen and oxygen atoms in total. The summed E-state index contributed by atoms with van der Waals surface area (Å²) in [4.78, 5) is 10.5. The molecule has 2 N–H and O–H groups in total. The van der Waals surface area contributed by atoms with E-state index in [1.54, 1.807) is 13.0 Å². The van der Waals surface area contributed by atoms with Crippen LogP contribution in [-0.2, 0) is 4.79 Å². The molecule has 0 aromatic rings. The van der Waals surface area contributed by atoms with E-state index in [1.807, 2.05) is 0 Å². The molecule has 3 heteroatoms. The number of nitrogens with one attached hydrogen (secondary N) is 1. The summed E-state index contributed by atoms with van der Waals surface area (Å²) in [5.41, 5.74) is 0.418. The Bertz CT molecular complexity index is 242. The molecular weight excluding hydrogens is 190 g/mol. The van der Waals surface area contributed by atoms with Gasteiger partial charge in [-0.2, -0.15) is 0 Å². The molecular formula is C12H21NO2. The molecule has 0 aliphatic heterocycles. The second-order valence-corrected chi connectivity index (χ2v) is 4.43. The fraction of sp³-hybridized carbons (Fsp3) is 0.750. The van der Waals surface area contributed by atoms with Crippen LogP contribution in [0.15, 0.2) is 11.6 Å². The Morgan fingerprint density at radius 2 is 2.13 bits per heavy atom. The van der Waals surface area contributed by atoms with Crippen LogP contribution in [0.4, 0.5) is 0 Å². The van der Waals surface area contributed by atoms with Crippen LogP contribution >= 0.6 is 0 Å². The highest BCUT2D eigenvalue weighted by atomic mass is 16.4. The zero-order valence-corrected chi connectivity index (χ0v) is 9.62. The smallest absolute Gasteiger partial charge is 0.330 e. The Kier molecular flexibility index (Phi) is 4.82. The summed E-state index contributed by atoms with van der Waals surface area (Å²) in [5, 5.41) is 12.0. The van der Waals surface area contributed by atoms with Gasteiger partial charge in [0.05, 0.1) is 0 Å². The van der Waals surface area contributed by atoms with Gasteiger partial charge in [0.2, 0.25) is 0 Å². The van der Waals surface area contributed by atoms with Gasteiger partial charge in [-0.25, -0.2) is 4.79 Å². The summed E-state index contributed by atoms with van der Waals surface area (Å²) in [6.45, 7) is 4.49. The van der Waals surface area contributed by atoms with Crippen molar-refractivity contribution in [2.24, 2.45) is 5.92 Å². The maximum Gasteiger partial charge on any atom is 0.330 e. The van der Waals surface area contributed by atoms with Crippen LogP contribution in [0.3, 0.4) is 0 Å². The van der Waals surface area contributed by atoms with E-state index in [2.05, 4.69) is 12.2 Å². The zero-order valence-electron chi connectivity index (χ0n) is 9.62. The maximum absolute atomic E-state index is 10.5. The molecule has 1 aliphatic rings. The molecule has 1 aliphatic carbocycles. The van der Waals surface area contributed by atoms with Crippen LogP contribution in [0.5, 0.6) is 0 Å². The third kappa shape index (κ3) is 4.04. The van der Waals surface area contributed by atoms with E-state index < -0.39 is 5.97 Å². The molecule has 0 radical (unpaired) electrons. The SMILES string of the molecule is C/C(=C/CN[C@H](C)C1CCCC1)C(=O)O. The average molecular weight is 211 g/mol. The van der Waals surface area contributed by atoms with Crippen molar-refractivity contribution < 1.29 is 9.90 Å². The van der Waals surface area contributed by atoms with Crippen LogP contribution in [0.25, 0.3) is 0 Å². The first kappa shape index (κ1) is 12.2. The number of carboxylic acid groups (broad SMARTS) is 1. The highest BCUT2D eigenvalue weighted by molar-refractivity contribution is 5.85. The molecule has 1 fully saturated rings. The normalized spacial score (nSPS) is 20.5. The molecule has 0 amide bonds. The molecule has 0 bridgehead atoms. The Morgan fingerprint density at radius 3 is 2.67 bits per heavy atom. The van der Waals surface area contributed by atoms with Gasteiger partial charge in [-0.05, 0) is 32.6 Å². The summed E-state index contributed by atoms with van der Waals surface area (Å²) in [6.07, 6.45) is 7.07. The summed E-state index contributed by atoms with van der Waals surface area (Å²) in [5.74, 6) is -0.0474. The number of rotatable bonds is 5. The summed E-state index contributed by atoms with van der Waals surface area (Å²) in [6, 6.07) is 0.505. The molecule has 0 spiro atoms. The van der Waals surface area contributed by atoms with Gasteiger partial charge < -0.3 is 10.4 Å². The first-order valence-electron chi connectivity index (χ1n) is 5.74. The largest absolute Gasteiger partial charge is 0.478 e. The van der Waals surface area contributed by atoms with Gasteiger partial charge in [-0.1, -0.05) is 18.9 Å². The van der Waals surface area contributed by atoms with Crippen molar-refractivity contribution in [3.05, 3.63) is 11.6 Å². The minimum atomic E-state index is -0.828. The fourth-order valence-electron chi connectivity index (χ4n) is 2.11. The van der Waals surface area contributed by atoms with Crippen LogP contribution in [-0.4, -0.2) is 23.7 Å². The minimum Gasteiger partial charge on any atom is -0.478 e. The lowest BCUT2D eigenvalue weighted by Crippen LogP contribution is -2.32. The zero-order chi connectivity index (χ0) is 11.3. The third-order valence-corrected chi connectivity index (χ3v) is 3.29. The molecule has 0 heterocycles. The number of hydrogen-bond donors (Lipinski definition) is 2. The maximum atomic E-state index is 10.5. The Balaban J connectivity index is 2.24. The second kappa shape index (κ2) is 5.91. The van der Waals surface area contributed by atoms with E-state index in [0.717, 1.165) is 5.92 Å².